The molecule has 5 heteroatoms. The lowest BCUT2D eigenvalue weighted by atomic mass is 10.3. The number of carbonyl (C=O) groups is 1. The number of rotatable bonds is 1. The van der Waals surface area contributed by atoms with E-state index in [9.17, 15) is 4.79 Å². The van der Waals surface area contributed by atoms with Crippen molar-refractivity contribution in [2.24, 2.45) is 0 Å². The number of aromatic amines is 1. The van der Waals surface area contributed by atoms with Gasteiger partial charge in [0.2, 0.25) is 0 Å². The van der Waals surface area contributed by atoms with Gasteiger partial charge in [0.15, 0.2) is 0 Å². The number of H-pyrrole nitrogens is 1. The molecule has 0 unspecified atom stereocenters. The summed E-state index contributed by atoms with van der Waals surface area (Å²) >= 11 is 0. The van der Waals surface area contributed by atoms with Gasteiger partial charge in [-0.05, 0) is 12.1 Å². The summed E-state index contributed by atoms with van der Waals surface area (Å²) in [6.07, 6.45) is 0. The summed E-state index contributed by atoms with van der Waals surface area (Å²) in [5.74, 6) is 0. The molecular formula is C8H8N2O3. The van der Waals surface area contributed by atoms with Gasteiger partial charge in [0.1, 0.15) is 6.79 Å². The fraction of sp³-hybridized carbons (Fsp3) is 0. The first kappa shape index (κ1) is 9.05. The maximum Gasteiger partial charge on any atom is 0.392 e. The summed E-state index contributed by atoms with van der Waals surface area (Å²) in [7, 11) is 0. The van der Waals surface area contributed by atoms with Crippen molar-refractivity contribution in [3.05, 3.63) is 40.8 Å². The maximum atomic E-state index is 10.7. The van der Waals surface area contributed by atoms with Gasteiger partial charge in [-0.1, -0.05) is 22.9 Å². The molecule has 13 heavy (non-hydrogen) atoms. The van der Waals surface area contributed by atoms with E-state index < -0.39 is 0 Å². The van der Waals surface area contributed by atoms with Crippen LogP contribution in [0.1, 0.15) is 0 Å². The summed E-state index contributed by atoms with van der Waals surface area (Å²) < 4.78 is 5.84. The molecule has 2 rings (SSSR count). The van der Waals surface area contributed by atoms with Crippen LogP contribution in [-0.4, -0.2) is 16.7 Å². The Labute approximate surface area is 73.5 Å². The average molecular weight is 180 g/mol. The molecule has 1 aromatic carbocycles. The summed E-state index contributed by atoms with van der Waals surface area (Å²) in [6, 6.07) is 9.13. The molecule has 0 aliphatic rings. The molecular weight excluding hydrogens is 172 g/mol. The Morgan fingerprint density at radius 2 is 1.85 bits per heavy atom. The predicted molar refractivity (Wildman–Crippen MR) is 45.8 cm³/mol. The molecule has 0 radical (unpaired) electrons. The van der Waals surface area contributed by atoms with E-state index in [4.69, 9.17) is 4.79 Å². The van der Waals surface area contributed by atoms with Crippen LogP contribution < -0.4 is 5.69 Å². The van der Waals surface area contributed by atoms with E-state index in [-0.39, 0.29) is 5.69 Å². The smallest absolute Gasteiger partial charge is 0.307 e. The van der Waals surface area contributed by atoms with E-state index in [0.29, 0.717) is 0 Å². The zero-order chi connectivity index (χ0) is 9.68. The van der Waals surface area contributed by atoms with Crippen molar-refractivity contribution in [3.8, 4) is 5.69 Å². The molecule has 0 aliphatic carbocycles. The van der Waals surface area contributed by atoms with E-state index in [1.54, 1.807) is 12.1 Å². The van der Waals surface area contributed by atoms with E-state index in [1.807, 2.05) is 25.0 Å². The lowest BCUT2D eigenvalue weighted by Crippen LogP contribution is -2.26. The van der Waals surface area contributed by atoms with Gasteiger partial charge in [-0.25, -0.2) is 4.79 Å². The van der Waals surface area contributed by atoms with Crippen LogP contribution in [0, 0.1) is 0 Å². The minimum absolute atomic E-state index is 0.240. The fourth-order valence-electron chi connectivity index (χ4n) is 0.862. The van der Waals surface area contributed by atoms with E-state index in [2.05, 4.69) is 9.79 Å². The van der Waals surface area contributed by atoms with Crippen LogP contribution in [0.4, 0.5) is 0 Å². The fourth-order valence-corrected chi connectivity index (χ4v) is 0.862. The Bertz CT molecular complexity index is 398. The Morgan fingerprint density at radius 1 is 1.23 bits per heavy atom. The number of hydrogen-bond donors (Lipinski definition) is 1. The van der Waals surface area contributed by atoms with Crippen molar-refractivity contribution in [1.29, 1.82) is 0 Å². The molecule has 5 nitrogen and oxygen atoms in total. The third kappa shape index (κ3) is 1.76. The molecule has 1 heterocycles. The molecule has 0 spiro atoms. The zero-order valence-corrected chi connectivity index (χ0v) is 6.77. The molecule has 0 fully saturated rings. The molecule has 0 bridgehead atoms. The molecule has 1 aromatic heterocycles. The number of nitrogens with zero attached hydrogens (tertiary/aromatic N) is 1. The normalized spacial score (nSPS) is 8.92. The van der Waals surface area contributed by atoms with E-state index in [0.717, 1.165) is 5.69 Å². The second-order valence-corrected chi connectivity index (χ2v) is 2.13. The maximum absolute atomic E-state index is 10.7. The first-order valence-electron chi connectivity index (χ1n) is 3.49. The number of aromatic nitrogens is 2. The third-order valence-electron chi connectivity index (χ3n) is 1.40. The molecule has 1 N–H and O–H groups in total. The molecule has 0 amide bonds. The summed E-state index contributed by atoms with van der Waals surface area (Å²) in [4.78, 5) is 18.7. The first-order valence-corrected chi connectivity index (χ1v) is 3.49. The molecule has 0 saturated heterocycles. The SMILES string of the molecule is C=O.O=c1[nH]on1-c1ccccc1. The van der Waals surface area contributed by atoms with Crippen LogP contribution in [-0.2, 0) is 4.79 Å². The molecule has 0 saturated carbocycles. The second kappa shape index (κ2) is 4.10. The monoisotopic (exact) mass is 180 g/mol. The van der Waals surface area contributed by atoms with Crippen LogP contribution in [0.3, 0.4) is 0 Å². The lowest BCUT2D eigenvalue weighted by Gasteiger charge is -2.02. The molecule has 2 aromatic rings. The van der Waals surface area contributed by atoms with Crippen molar-refractivity contribution in [2.45, 2.75) is 0 Å². The Morgan fingerprint density at radius 3 is 2.23 bits per heavy atom. The largest absolute Gasteiger partial charge is 0.392 e. The summed E-state index contributed by atoms with van der Waals surface area (Å²) in [5.41, 5.74) is 0.493. The van der Waals surface area contributed by atoms with Gasteiger partial charge < -0.3 is 4.79 Å². The highest BCUT2D eigenvalue weighted by Crippen LogP contribution is 2.01. The Balaban J connectivity index is 0.000000396. The van der Waals surface area contributed by atoms with Crippen LogP contribution in [0.2, 0.25) is 0 Å². The van der Waals surface area contributed by atoms with Crippen molar-refractivity contribution >= 4 is 6.79 Å². The van der Waals surface area contributed by atoms with Crippen molar-refractivity contribution in [2.75, 3.05) is 0 Å². The van der Waals surface area contributed by atoms with Crippen molar-refractivity contribution < 1.29 is 9.42 Å². The van der Waals surface area contributed by atoms with Crippen LogP contribution in [0.5, 0.6) is 0 Å². The van der Waals surface area contributed by atoms with Gasteiger partial charge >= 0.3 is 5.69 Å². The zero-order valence-electron chi connectivity index (χ0n) is 6.77. The van der Waals surface area contributed by atoms with Gasteiger partial charge in [-0.3, -0.25) is 4.63 Å². The number of hydrogen-bond acceptors (Lipinski definition) is 3. The highest BCUT2D eigenvalue weighted by molar-refractivity contribution is 5.28. The lowest BCUT2D eigenvalue weighted by molar-refractivity contribution is -0.0979. The third-order valence-corrected chi connectivity index (χ3v) is 1.40. The first-order chi connectivity index (χ1) is 6.38. The number of carbonyl (C=O) groups excluding carboxylic acids is 1. The second-order valence-electron chi connectivity index (χ2n) is 2.13. The molecule has 0 atom stereocenters. The average Bonchev–Trinajstić information content (AvgIpc) is 2.20. The van der Waals surface area contributed by atoms with Crippen molar-refractivity contribution in [1.82, 2.24) is 9.90 Å². The van der Waals surface area contributed by atoms with Crippen LogP contribution >= 0.6 is 0 Å². The van der Waals surface area contributed by atoms with Crippen molar-refractivity contribution in [3.63, 3.8) is 0 Å². The van der Waals surface area contributed by atoms with Crippen LogP contribution in [0.15, 0.2) is 39.8 Å². The number of para-hydroxylation sites is 1. The number of benzene rings is 1. The van der Waals surface area contributed by atoms with E-state index >= 15 is 0 Å². The molecule has 68 valence electrons. The van der Waals surface area contributed by atoms with E-state index in [1.165, 1.54) is 4.74 Å². The molecule has 0 aliphatic heterocycles. The summed E-state index contributed by atoms with van der Waals surface area (Å²) in [6.45, 7) is 2.00. The standard InChI is InChI=1S/C7H6N2O2.CH2O/c10-7-8-11-9(7)6-4-2-1-3-5-6;1-2/h1-5H,(H,8,10);1H2. The van der Waals surface area contributed by atoms with Gasteiger partial charge in [0.25, 0.3) is 0 Å². The minimum atomic E-state index is -0.240. The number of nitrogens with one attached hydrogen (secondary N) is 1. The Kier molecular flexibility index (Phi) is 2.86. The predicted octanol–water partition coefficient (Wildman–Crippen LogP) is 0.574. The minimum Gasteiger partial charge on any atom is -0.307 e. The topological polar surface area (TPSA) is 68.0 Å². The van der Waals surface area contributed by atoms with Gasteiger partial charge in [-0.15, -0.1) is 5.16 Å². The summed E-state index contributed by atoms with van der Waals surface area (Å²) in [5, 5.41) is 2.14. The highest BCUT2D eigenvalue weighted by Gasteiger charge is 2.02. The highest BCUT2D eigenvalue weighted by atomic mass is 16.6. The van der Waals surface area contributed by atoms with Crippen LogP contribution in [0.25, 0.3) is 5.69 Å². The van der Waals surface area contributed by atoms with Gasteiger partial charge in [0.05, 0.1) is 5.69 Å². The quantitative estimate of drug-likeness (QED) is 0.697. The van der Waals surface area contributed by atoms with Gasteiger partial charge in [-0.2, -0.15) is 0 Å². The van der Waals surface area contributed by atoms with Gasteiger partial charge in [0, 0.05) is 0 Å². The Hall–Kier alpha value is -2.04.